The molecule has 0 aromatic rings. The fourth-order valence-corrected chi connectivity index (χ4v) is 3.08. The van der Waals surface area contributed by atoms with Crippen LogP contribution >= 0.6 is 23.4 Å². The van der Waals surface area contributed by atoms with Crippen molar-refractivity contribution < 1.29 is 14.7 Å². The quantitative estimate of drug-likeness (QED) is 0.615. The molecule has 2 heterocycles. The maximum atomic E-state index is 11.4. The second kappa shape index (κ2) is 4.51. The lowest BCUT2D eigenvalue weighted by Crippen LogP contribution is -2.53. The molecule has 86 valence electrons. The molecule has 0 saturated carbocycles. The molecule has 0 spiro atoms. The summed E-state index contributed by atoms with van der Waals surface area (Å²) in [6.07, 6.45) is 3.81. The van der Waals surface area contributed by atoms with E-state index in [1.165, 1.54) is 4.90 Å². The number of carbonyl (C=O) groups is 2. The number of carboxylic acid groups (broad SMARTS) is 1. The first-order chi connectivity index (χ1) is 7.65. The van der Waals surface area contributed by atoms with Crippen molar-refractivity contribution in [2.75, 3.05) is 11.6 Å². The highest BCUT2D eigenvalue weighted by Crippen LogP contribution is 2.40. The summed E-state index contributed by atoms with van der Waals surface area (Å²) >= 11 is 7.10. The molecule has 1 saturated heterocycles. The molecule has 1 N–H and O–H groups in total. The predicted molar refractivity (Wildman–Crippen MR) is 62.2 cm³/mol. The second-order valence-electron chi connectivity index (χ2n) is 3.47. The normalized spacial score (nSPS) is 24.7. The number of halogens is 1. The van der Waals surface area contributed by atoms with E-state index < -0.39 is 5.97 Å². The second-order valence-corrected chi connectivity index (χ2v) is 4.94. The van der Waals surface area contributed by atoms with Gasteiger partial charge >= 0.3 is 5.97 Å². The minimum Gasteiger partial charge on any atom is -0.477 e. The molecule has 0 aromatic heterocycles. The largest absolute Gasteiger partial charge is 0.477 e. The number of allylic oxidation sites excluding steroid dienone is 2. The van der Waals surface area contributed by atoms with E-state index in [1.807, 2.05) is 0 Å². The zero-order valence-electron chi connectivity index (χ0n) is 8.35. The smallest absolute Gasteiger partial charge is 0.352 e. The van der Waals surface area contributed by atoms with E-state index in [9.17, 15) is 9.59 Å². The minimum absolute atomic E-state index is 0.00625. The molecule has 0 radical (unpaired) electrons. The van der Waals surface area contributed by atoms with Gasteiger partial charge in [-0.15, -0.1) is 23.4 Å². The van der Waals surface area contributed by atoms with Crippen molar-refractivity contribution in [3.05, 3.63) is 23.4 Å². The van der Waals surface area contributed by atoms with Gasteiger partial charge in [-0.05, 0) is 5.57 Å². The van der Waals surface area contributed by atoms with Gasteiger partial charge in [0.25, 0.3) is 0 Å². The van der Waals surface area contributed by atoms with E-state index in [0.717, 1.165) is 0 Å². The van der Waals surface area contributed by atoms with Crippen LogP contribution in [0.3, 0.4) is 0 Å². The van der Waals surface area contributed by atoms with Crippen LogP contribution < -0.4 is 0 Å². The lowest BCUT2D eigenvalue weighted by Gasteiger charge is -2.43. The fraction of sp³-hybridized carbons (Fsp3) is 0.400. The number of nitrogens with zero attached hydrogens (tertiary/aromatic N) is 1. The third-order valence-corrected chi connectivity index (χ3v) is 3.91. The average Bonchev–Trinajstić information content (AvgIpc) is 2.24. The SMILES string of the molecule is O=C(O)C1=C(/C=C/CCl)CSC2CC(=O)N12. The number of carboxylic acids is 1. The summed E-state index contributed by atoms with van der Waals surface area (Å²) in [5, 5.41) is 9.13. The highest BCUT2D eigenvalue weighted by Gasteiger charge is 2.44. The Labute approximate surface area is 102 Å². The van der Waals surface area contributed by atoms with Gasteiger partial charge in [-0.25, -0.2) is 4.79 Å². The first-order valence-electron chi connectivity index (χ1n) is 4.77. The zero-order chi connectivity index (χ0) is 11.7. The number of alkyl halides is 1. The van der Waals surface area contributed by atoms with Crippen LogP contribution in [0.5, 0.6) is 0 Å². The summed E-state index contributed by atoms with van der Waals surface area (Å²) in [5.41, 5.74) is 0.767. The number of thioether (sulfide) groups is 1. The highest BCUT2D eigenvalue weighted by atomic mass is 35.5. The fourth-order valence-electron chi connectivity index (χ4n) is 1.75. The molecule has 6 heteroatoms. The van der Waals surface area contributed by atoms with Crippen LogP contribution in [0.15, 0.2) is 23.4 Å². The number of rotatable bonds is 3. The molecule has 0 aliphatic carbocycles. The van der Waals surface area contributed by atoms with E-state index >= 15 is 0 Å². The molecule has 1 amide bonds. The lowest BCUT2D eigenvalue weighted by atomic mass is 10.1. The van der Waals surface area contributed by atoms with Crippen molar-refractivity contribution in [2.45, 2.75) is 11.8 Å². The monoisotopic (exact) mass is 259 g/mol. The molecular weight excluding hydrogens is 250 g/mol. The Morgan fingerprint density at radius 1 is 1.69 bits per heavy atom. The summed E-state index contributed by atoms with van der Waals surface area (Å²) in [7, 11) is 0. The van der Waals surface area contributed by atoms with Gasteiger partial charge in [-0.2, -0.15) is 0 Å². The van der Waals surface area contributed by atoms with E-state index in [0.29, 0.717) is 23.6 Å². The van der Waals surface area contributed by atoms with E-state index in [2.05, 4.69) is 0 Å². The molecule has 1 fully saturated rings. The maximum Gasteiger partial charge on any atom is 0.352 e. The summed E-state index contributed by atoms with van der Waals surface area (Å²) < 4.78 is 0. The van der Waals surface area contributed by atoms with E-state index in [-0.39, 0.29) is 17.0 Å². The highest BCUT2D eigenvalue weighted by molar-refractivity contribution is 8.00. The molecular formula is C10H10ClNO3S. The Kier molecular flexibility index (Phi) is 3.25. The lowest BCUT2D eigenvalue weighted by molar-refractivity contribution is -0.146. The minimum atomic E-state index is -1.05. The van der Waals surface area contributed by atoms with Crippen molar-refractivity contribution >= 4 is 35.2 Å². The number of fused-ring (bicyclic) bond motifs is 1. The molecule has 1 unspecified atom stereocenters. The number of β-lactam (4-membered cyclic amide) rings is 1. The predicted octanol–water partition coefficient (Wildman–Crippen LogP) is 1.43. The van der Waals surface area contributed by atoms with E-state index in [4.69, 9.17) is 16.7 Å². The van der Waals surface area contributed by atoms with Gasteiger partial charge in [-0.3, -0.25) is 9.69 Å². The Morgan fingerprint density at radius 3 is 3.00 bits per heavy atom. The zero-order valence-corrected chi connectivity index (χ0v) is 9.92. The van der Waals surface area contributed by atoms with Crippen molar-refractivity contribution in [3.8, 4) is 0 Å². The van der Waals surface area contributed by atoms with Gasteiger partial charge in [0.2, 0.25) is 5.91 Å². The number of hydrogen-bond donors (Lipinski definition) is 1. The van der Waals surface area contributed by atoms with Crippen molar-refractivity contribution in [1.82, 2.24) is 4.90 Å². The van der Waals surface area contributed by atoms with Gasteiger partial charge in [0.1, 0.15) is 5.70 Å². The van der Waals surface area contributed by atoms with Crippen LogP contribution in [0.2, 0.25) is 0 Å². The number of carbonyl (C=O) groups excluding carboxylic acids is 1. The Hall–Kier alpha value is -0.940. The molecule has 2 aliphatic rings. The molecule has 2 rings (SSSR count). The van der Waals surface area contributed by atoms with Crippen molar-refractivity contribution in [1.29, 1.82) is 0 Å². The Bertz CT molecular complexity index is 405. The summed E-state index contributed by atoms with van der Waals surface area (Å²) in [6.45, 7) is 0. The van der Waals surface area contributed by atoms with Gasteiger partial charge in [-0.1, -0.05) is 12.2 Å². The number of amides is 1. The molecule has 0 aromatic carbocycles. The molecule has 16 heavy (non-hydrogen) atoms. The van der Waals surface area contributed by atoms with Crippen molar-refractivity contribution in [2.24, 2.45) is 0 Å². The van der Waals surface area contributed by atoms with Crippen LogP contribution in [0.1, 0.15) is 6.42 Å². The average molecular weight is 260 g/mol. The topological polar surface area (TPSA) is 57.6 Å². The Balaban J connectivity index is 2.35. The third-order valence-electron chi connectivity index (χ3n) is 2.49. The maximum absolute atomic E-state index is 11.4. The Morgan fingerprint density at radius 2 is 2.44 bits per heavy atom. The van der Waals surface area contributed by atoms with Crippen LogP contribution in [0, 0.1) is 0 Å². The van der Waals surface area contributed by atoms with E-state index in [1.54, 1.807) is 23.9 Å². The molecule has 4 nitrogen and oxygen atoms in total. The summed E-state index contributed by atoms with van der Waals surface area (Å²) in [4.78, 5) is 23.9. The third kappa shape index (κ3) is 1.85. The van der Waals surface area contributed by atoms with Crippen LogP contribution in [-0.4, -0.2) is 38.9 Å². The standard InChI is InChI=1S/C10H10ClNO3S/c11-3-1-2-6-5-16-8-4-7(13)12(8)9(6)10(14)15/h1-2,8H,3-5H2,(H,14,15)/b2-1+. The van der Waals surface area contributed by atoms with Gasteiger partial charge in [0.05, 0.1) is 11.8 Å². The van der Waals surface area contributed by atoms with Crippen LogP contribution in [0.4, 0.5) is 0 Å². The van der Waals surface area contributed by atoms with Crippen LogP contribution in [0.25, 0.3) is 0 Å². The van der Waals surface area contributed by atoms with Crippen LogP contribution in [-0.2, 0) is 9.59 Å². The molecule has 0 bridgehead atoms. The van der Waals surface area contributed by atoms with Gasteiger partial charge < -0.3 is 5.11 Å². The summed E-state index contributed by atoms with van der Waals surface area (Å²) in [5.74, 6) is -0.221. The number of hydrogen-bond acceptors (Lipinski definition) is 3. The van der Waals surface area contributed by atoms with Crippen molar-refractivity contribution in [3.63, 3.8) is 0 Å². The summed E-state index contributed by atoms with van der Waals surface area (Å²) in [6, 6.07) is 0. The first kappa shape index (κ1) is 11.5. The molecule has 2 aliphatic heterocycles. The molecule has 1 atom stereocenters. The first-order valence-corrected chi connectivity index (χ1v) is 6.36. The van der Waals surface area contributed by atoms with Gasteiger partial charge in [0.15, 0.2) is 0 Å². The van der Waals surface area contributed by atoms with Gasteiger partial charge in [0, 0.05) is 11.6 Å². The number of aliphatic carboxylic acids is 1.